The minimum atomic E-state index is -2.84. The first kappa shape index (κ1) is 12.4. The van der Waals surface area contributed by atoms with Gasteiger partial charge in [0.15, 0.2) is 0 Å². The second-order valence-electron chi connectivity index (χ2n) is 3.65. The Kier molecular flexibility index (Phi) is 3.52. The molecule has 7 heteroatoms. The van der Waals surface area contributed by atoms with Crippen molar-refractivity contribution in [3.8, 4) is 17.1 Å². The second-order valence-corrected chi connectivity index (χ2v) is 3.65. The summed E-state index contributed by atoms with van der Waals surface area (Å²) in [7, 11) is 0. The fraction of sp³-hybridized carbons (Fsp3) is 0.273. The van der Waals surface area contributed by atoms with Crippen molar-refractivity contribution in [2.45, 2.75) is 19.6 Å². The van der Waals surface area contributed by atoms with Gasteiger partial charge in [-0.25, -0.2) is 0 Å². The molecule has 0 fully saturated rings. The summed E-state index contributed by atoms with van der Waals surface area (Å²) in [5, 5.41) is 3.74. The molecule has 96 valence electrons. The van der Waals surface area contributed by atoms with E-state index in [1.54, 1.807) is 19.1 Å². The van der Waals surface area contributed by atoms with Crippen LogP contribution in [0.15, 0.2) is 28.8 Å². The number of hydrogen-bond donors (Lipinski definition) is 1. The van der Waals surface area contributed by atoms with Gasteiger partial charge < -0.3 is 15.0 Å². The smallest absolute Gasteiger partial charge is 0.387 e. The van der Waals surface area contributed by atoms with Crippen molar-refractivity contribution < 1.29 is 18.0 Å². The normalized spacial score (nSPS) is 12.7. The van der Waals surface area contributed by atoms with Crippen molar-refractivity contribution in [3.05, 3.63) is 30.2 Å². The van der Waals surface area contributed by atoms with E-state index in [0.29, 0.717) is 17.3 Å². The summed E-state index contributed by atoms with van der Waals surface area (Å²) in [5.41, 5.74) is 6.22. The van der Waals surface area contributed by atoms with Gasteiger partial charge in [0, 0.05) is 5.56 Å². The monoisotopic (exact) mass is 255 g/mol. The van der Waals surface area contributed by atoms with Gasteiger partial charge in [-0.3, -0.25) is 0 Å². The van der Waals surface area contributed by atoms with Crippen molar-refractivity contribution in [3.63, 3.8) is 0 Å². The van der Waals surface area contributed by atoms with Crippen LogP contribution >= 0.6 is 0 Å². The van der Waals surface area contributed by atoms with Crippen LogP contribution in [0.3, 0.4) is 0 Å². The lowest BCUT2D eigenvalue weighted by molar-refractivity contribution is -0.0498. The van der Waals surface area contributed by atoms with Crippen LogP contribution in [0.2, 0.25) is 0 Å². The van der Waals surface area contributed by atoms with E-state index < -0.39 is 6.61 Å². The Balaban J connectivity index is 2.17. The van der Waals surface area contributed by atoms with E-state index in [0.717, 1.165) is 0 Å². The maximum Gasteiger partial charge on any atom is 0.387 e. The molecule has 0 saturated heterocycles. The fourth-order valence-electron chi connectivity index (χ4n) is 1.32. The lowest BCUT2D eigenvalue weighted by Crippen LogP contribution is -2.04. The third-order valence-electron chi connectivity index (χ3n) is 2.17. The zero-order valence-electron chi connectivity index (χ0n) is 9.51. The van der Waals surface area contributed by atoms with Crippen LogP contribution in [0.25, 0.3) is 11.4 Å². The van der Waals surface area contributed by atoms with E-state index in [1.165, 1.54) is 12.1 Å². The largest absolute Gasteiger partial charge is 0.435 e. The minimum absolute atomic E-state index is 0.0738. The third kappa shape index (κ3) is 2.80. The number of alkyl halides is 2. The Bertz CT molecular complexity index is 511. The molecule has 1 heterocycles. The molecular weight excluding hydrogens is 244 g/mol. The number of nitrogens with two attached hydrogens (primary N) is 1. The van der Waals surface area contributed by atoms with Crippen LogP contribution < -0.4 is 10.5 Å². The molecule has 0 aliphatic rings. The summed E-state index contributed by atoms with van der Waals surface area (Å²) in [6.07, 6.45) is 0. The van der Waals surface area contributed by atoms with Crippen molar-refractivity contribution >= 4 is 0 Å². The molecule has 18 heavy (non-hydrogen) atoms. The fourth-order valence-corrected chi connectivity index (χ4v) is 1.32. The van der Waals surface area contributed by atoms with Gasteiger partial charge in [-0.1, -0.05) is 5.16 Å². The Morgan fingerprint density at radius 3 is 2.44 bits per heavy atom. The molecule has 0 spiro atoms. The predicted octanol–water partition coefficient (Wildman–Crippen LogP) is 2.36. The number of hydrogen-bond acceptors (Lipinski definition) is 5. The Hall–Kier alpha value is -2.02. The molecular formula is C11H11F2N3O2. The van der Waals surface area contributed by atoms with Gasteiger partial charge in [-0.15, -0.1) is 0 Å². The SMILES string of the molecule is C[C@H](N)c1nc(-c2ccc(OC(F)F)cc2)no1. The quantitative estimate of drug-likeness (QED) is 0.907. The molecule has 1 aromatic carbocycles. The molecule has 0 aliphatic carbocycles. The molecule has 0 aliphatic heterocycles. The molecule has 1 aromatic heterocycles. The van der Waals surface area contributed by atoms with E-state index in [2.05, 4.69) is 14.9 Å². The van der Waals surface area contributed by atoms with Crippen molar-refractivity contribution in [1.29, 1.82) is 0 Å². The first-order valence-corrected chi connectivity index (χ1v) is 5.20. The highest BCUT2D eigenvalue weighted by Crippen LogP contribution is 2.21. The predicted molar refractivity (Wildman–Crippen MR) is 59.0 cm³/mol. The first-order valence-electron chi connectivity index (χ1n) is 5.20. The zero-order valence-corrected chi connectivity index (χ0v) is 9.51. The number of aromatic nitrogens is 2. The Labute approximate surface area is 102 Å². The molecule has 0 amide bonds. The maximum absolute atomic E-state index is 12.0. The van der Waals surface area contributed by atoms with Crippen LogP contribution in [-0.2, 0) is 0 Å². The van der Waals surface area contributed by atoms with Crippen LogP contribution in [-0.4, -0.2) is 16.8 Å². The van der Waals surface area contributed by atoms with E-state index >= 15 is 0 Å². The van der Waals surface area contributed by atoms with Crippen molar-refractivity contribution in [2.24, 2.45) is 5.73 Å². The molecule has 0 bridgehead atoms. The third-order valence-corrected chi connectivity index (χ3v) is 2.17. The van der Waals surface area contributed by atoms with Crippen LogP contribution in [0, 0.1) is 0 Å². The number of rotatable bonds is 4. The Morgan fingerprint density at radius 1 is 1.28 bits per heavy atom. The number of benzene rings is 1. The van der Waals surface area contributed by atoms with E-state index in [-0.39, 0.29) is 11.8 Å². The van der Waals surface area contributed by atoms with Crippen molar-refractivity contribution in [1.82, 2.24) is 10.1 Å². The van der Waals surface area contributed by atoms with Crippen LogP contribution in [0.4, 0.5) is 8.78 Å². The Morgan fingerprint density at radius 2 is 1.94 bits per heavy atom. The van der Waals surface area contributed by atoms with E-state index in [1.807, 2.05) is 0 Å². The summed E-state index contributed by atoms with van der Waals surface area (Å²) in [6, 6.07) is 5.58. The van der Waals surface area contributed by atoms with Gasteiger partial charge in [-0.2, -0.15) is 13.8 Å². The van der Waals surface area contributed by atoms with Gasteiger partial charge in [0.2, 0.25) is 11.7 Å². The summed E-state index contributed by atoms with van der Waals surface area (Å²) >= 11 is 0. The van der Waals surface area contributed by atoms with Gasteiger partial charge >= 0.3 is 6.61 Å². The molecule has 2 N–H and O–H groups in total. The lowest BCUT2D eigenvalue weighted by atomic mass is 10.2. The first-order chi connectivity index (χ1) is 8.56. The van der Waals surface area contributed by atoms with Gasteiger partial charge in [0.25, 0.3) is 0 Å². The highest BCUT2D eigenvalue weighted by atomic mass is 19.3. The average molecular weight is 255 g/mol. The summed E-state index contributed by atoms with van der Waals surface area (Å²) in [6.45, 7) is -1.12. The highest BCUT2D eigenvalue weighted by molar-refractivity contribution is 5.55. The average Bonchev–Trinajstić information content (AvgIpc) is 2.78. The molecule has 2 aromatic rings. The number of halogens is 2. The summed E-state index contributed by atoms with van der Waals surface area (Å²) in [5.74, 6) is 0.744. The molecule has 0 unspecified atom stereocenters. The maximum atomic E-state index is 12.0. The molecule has 0 radical (unpaired) electrons. The second kappa shape index (κ2) is 5.09. The summed E-state index contributed by atoms with van der Waals surface area (Å²) in [4.78, 5) is 4.08. The lowest BCUT2D eigenvalue weighted by Gasteiger charge is -2.03. The topological polar surface area (TPSA) is 74.2 Å². The highest BCUT2D eigenvalue weighted by Gasteiger charge is 2.12. The van der Waals surface area contributed by atoms with Crippen molar-refractivity contribution in [2.75, 3.05) is 0 Å². The zero-order chi connectivity index (χ0) is 13.1. The number of nitrogens with zero attached hydrogens (tertiary/aromatic N) is 2. The summed E-state index contributed by atoms with van der Waals surface area (Å²) < 4.78 is 33.1. The minimum Gasteiger partial charge on any atom is -0.435 e. The van der Waals surface area contributed by atoms with Gasteiger partial charge in [0.05, 0.1) is 6.04 Å². The molecule has 5 nitrogen and oxygen atoms in total. The van der Waals surface area contributed by atoms with Crippen LogP contribution in [0.5, 0.6) is 5.75 Å². The number of ether oxygens (including phenoxy) is 1. The van der Waals surface area contributed by atoms with Gasteiger partial charge in [0.1, 0.15) is 5.75 Å². The molecule has 0 saturated carbocycles. The standard InChI is InChI=1S/C11H11F2N3O2/c1-6(14)10-15-9(16-18-10)7-2-4-8(5-3-7)17-11(12)13/h2-6,11H,14H2,1H3/t6-/m0/s1. The van der Waals surface area contributed by atoms with E-state index in [9.17, 15) is 8.78 Å². The van der Waals surface area contributed by atoms with Crippen LogP contribution in [0.1, 0.15) is 18.9 Å². The molecule has 1 atom stereocenters. The molecule has 2 rings (SSSR count). The van der Waals surface area contributed by atoms with Gasteiger partial charge in [-0.05, 0) is 31.2 Å². The van der Waals surface area contributed by atoms with E-state index in [4.69, 9.17) is 10.3 Å².